The molecule has 0 unspecified atom stereocenters. The van der Waals surface area contributed by atoms with Crippen LogP contribution in [0.1, 0.15) is 48.5 Å². The molecule has 1 aliphatic heterocycles. The zero-order chi connectivity index (χ0) is 21.6. The van der Waals surface area contributed by atoms with Gasteiger partial charge < -0.3 is 15.1 Å². The van der Waals surface area contributed by atoms with Gasteiger partial charge in [0.25, 0.3) is 5.91 Å². The van der Waals surface area contributed by atoms with Crippen LogP contribution in [0.15, 0.2) is 42.5 Å². The van der Waals surface area contributed by atoms with E-state index in [1.54, 1.807) is 11.3 Å². The molecular formula is C25H32N4OS. The van der Waals surface area contributed by atoms with Gasteiger partial charge in [-0.3, -0.25) is 4.79 Å². The fourth-order valence-corrected chi connectivity index (χ4v) is 5.20. The van der Waals surface area contributed by atoms with E-state index in [0.717, 1.165) is 47.9 Å². The van der Waals surface area contributed by atoms with Crippen molar-refractivity contribution < 1.29 is 4.79 Å². The molecule has 0 saturated carbocycles. The number of hydrogen-bond acceptors (Lipinski definition) is 5. The number of nitrogens with one attached hydrogen (secondary N) is 1. The van der Waals surface area contributed by atoms with E-state index in [9.17, 15) is 4.79 Å². The van der Waals surface area contributed by atoms with Crippen molar-refractivity contribution in [1.29, 1.82) is 0 Å². The molecule has 0 spiro atoms. The number of aromatic nitrogens is 1. The molecule has 0 radical (unpaired) electrons. The monoisotopic (exact) mass is 436 g/mol. The molecule has 1 amide bonds. The number of hydrogen-bond donors (Lipinski definition) is 1. The van der Waals surface area contributed by atoms with Gasteiger partial charge in [-0.1, -0.05) is 23.5 Å². The molecule has 3 aromatic rings. The van der Waals surface area contributed by atoms with Crippen LogP contribution in [-0.2, 0) is 0 Å². The van der Waals surface area contributed by atoms with E-state index in [-0.39, 0.29) is 5.91 Å². The third kappa shape index (κ3) is 5.37. The van der Waals surface area contributed by atoms with Gasteiger partial charge >= 0.3 is 0 Å². The van der Waals surface area contributed by atoms with E-state index >= 15 is 0 Å². The number of carbonyl (C=O) groups is 1. The van der Waals surface area contributed by atoms with Crippen molar-refractivity contribution >= 4 is 38.3 Å². The second-order valence-electron chi connectivity index (χ2n) is 8.25. The SMILES string of the molecule is CCN(CCCNC(=O)c1ccc2nc(N3CCCCC3)sc2c1)c1cccc(C)c1. The fourth-order valence-electron chi connectivity index (χ4n) is 4.14. The van der Waals surface area contributed by atoms with Gasteiger partial charge in [0.1, 0.15) is 0 Å². The van der Waals surface area contributed by atoms with E-state index in [1.807, 2.05) is 18.2 Å². The first kappa shape index (κ1) is 21.6. The summed E-state index contributed by atoms with van der Waals surface area (Å²) >= 11 is 1.70. The molecular weight excluding hydrogens is 404 g/mol. The summed E-state index contributed by atoms with van der Waals surface area (Å²) in [4.78, 5) is 22.2. The summed E-state index contributed by atoms with van der Waals surface area (Å²) in [7, 11) is 0. The molecule has 0 atom stereocenters. The lowest BCUT2D eigenvalue weighted by Gasteiger charge is -2.25. The van der Waals surface area contributed by atoms with Gasteiger partial charge in [0.05, 0.1) is 10.2 Å². The number of nitrogens with zero attached hydrogens (tertiary/aromatic N) is 3. The third-order valence-electron chi connectivity index (χ3n) is 5.90. The Morgan fingerprint density at radius 2 is 2.00 bits per heavy atom. The second-order valence-corrected chi connectivity index (χ2v) is 9.26. The lowest BCUT2D eigenvalue weighted by Crippen LogP contribution is -2.30. The number of anilines is 2. The average molecular weight is 437 g/mol. The standard InChI is InChI=1S/C25H32N4OS/c1-3-28(21-10-7-9-19(2)17-21)16-8-13-26-24(30)20-11-12-22-23(18-20)31-25(27-22)29-14-5-4-6-15-29/h7,9-12,17-18H,3-6,8,13-16H2,1-2H3,(H,26,30). The lowest BCUT2D eigenvalue weighted by atomic mass is 10.1. The highest BCUT2D eigenvalue weighted by molar-refractivity contribution is 7.22. The van der Waals surface area contributed by atoms with Gasteiger partial charge in [0.2, 0.25) is 0 Å². The maximum absolute atomic E-state index is 12.7. The van der Waals surface area contributed by atoms with Crippen molar-refractivity contribution in [1.82, 2.24) is 10.3 Å². The molecule has 6 heteroatoms. The Hall–Kier alpha value is -2.60. The Morgan fingerprint density at radius 3 is 2.77 bits per heavy atom. The molecule has 2 heterocycles. The third-order valence-corrected chi connectivity index (χ3v) is 6.98. The van der Waals surface area contributed by atoms with Crippen LogP contribution >= 0.6 is 11.3 Å². The van der Waals surface area contributed by atoms with E-state index < -0.39 is 0 Å². The number of rotatable bonds is 8. The fraction of sp³-hybridized carbons (Fsp3) is 0.440. The number of piperidine rings is 1. The largest absolute Gasteiger partial charge is 0.372 e. The minimum Gasteiger partial charge on any atom is -0.372 e. The molecule has 1 aliphatic rings. The summed E-state index contributed by atoms with van der Waals surface area (Å²) in [5.74, 6) is -0.00609. The van der Waals surface area contributed by atoms with Gasteiger partial charge in [-0.05, 0) is 75.4 Å². The first-order chi connectivity index (χ1) is 15.1. The first-order valence-corrected chi connectivity index (χ1v) is 12.2. The van der Waals surface area contributed by atoms with Gasteiger partial charge in [-0.25, -0.2) is 4.98 Å². The average Bonchev–Trinajstić information content (AvgIpc) is 3.23. The summed E-state index contributed by atoms with van der Waals surface area (Å²) in [6.45, 7) is 9.01. The van der Waals surface area contributed by atoms with Crippen LogP contribution in [-0.4, -0.2) is 43.6 Å². The highest BCUT2D eigenvalue weighted by atomic mass is 32.1. The van der Waals surface area contributed by atoms with Crippen molar-refractivity contribution in [2.24, 2.45) is 0 Å². The summed E-state index contributed by atoms with van der Waals surface area (Å²) in [6.07, 6.45) is 4.70. The molecule has 1 fully saturated rings. The van der Waals surface area contributed by atoms with Gasteiger partial charge in [-0.15, -0.1) is 0 Å². The van der Waals surface area contributed by atoms with E-state index in [2.05, 4.69) is 53.2 Å². The van der Waals surface area contributed by atoms with Crippen LogP contribution < -0.4 is 15.1 Å². The Kier molecular flexibility index (Phi) is 7.07. The number of aryl methyl sites for hydroxylation is 1. The van der Waals surface area contributed by atoms with Crippen LogP contribution in [0.25, 0.3) is 10.2 Å². The second kappa shape index (κ2) is 10.1. The minimum absolute atomic E-state index is 0.00609. The number of amides is 1. The predicted molar refractivity (Wildman–Crippen MR) is 132 cm³/mol. The van der Waals surface area contributed by atoms with Crippen molar-refractivity contribution in [2.45, 2.75) is 39.5 Å². The molecule has 1 N–H and O–H groups in total. The number of benzene rings is 2. The Labute approximate surface area is 189 Å². The van der Waals surface area contributed by atoms with Crippen molar-refractivity contribution in [3.05, 3.63) is 53.6 Å². The van der Waals surface area contributed by atoms with Gasteiger partial charge in [-0.2, -0.15) is 0 Å². The normalized spacial score (nSPS) is 14.1. The van der Waals surface area contributed by atoms with Crippen molar-refractivity contribution in [2.75, 3.05) is 42.5 Å². The summed E-state index contributed by atoms with van der Waals surface area (Å²) in [6, 6.07) is 14.4. The molecule has 164 valence electrons. The highest BCUT2D eigenvalue weighted by Crippen LogP contribution is 2.31. The Bertz CT molecular complexity index is 1030. The predicted octanol–water partition coefficient (Wildman–Crippen LogP) is 5.24. The van der Waals surface area contributed by atoms with Crippen molar-refractivity contribution in [3.8, 4) is 0 Å². The smallest absolute Gasteiger partial charge is 0.251 e. The quantitative estimate of drug-likeness (QED) is 0.491. The Morgan fingerprint density at radius 1 is 1.16 bits per heavy atom. The zero-order valence-corrected chi connectivity index (χ0v) is 19.4. The Balaban J connectivity index is 1.31. The van der Waals surface area contributed by atoms with Crippen LogP contribution in [0.2, 0.25) is 0 Å². The molecule has 4 rings (SSSR count). The van der Waals surface area contributed by atoms with Crippen molar-refractivity contribution in [3.63, 3.8) is 0 Å². The molecule has 2 aromatic carbocycles. The lowest BCUT2D eigenvalue weighted by molar-refractivity contribution is 0.0953. The van der Waals surface area contributed by atoms with Crippen LogP contribution in [0, 0.1) is 6.92 Å². The minimum atomic E-state index is -0.00609. The number of fused-ring (bicyclic) bond motifs is 1. The summed E-state index contributed by atoms with van der Waals surface area (Å²) in [5.41, 5.74) is 4.21. The van der Waals surface area contributed by atoms with Crippen LogP contribution in [0.3, 0.4) is 0 Å². The van der Waals surface area contributed by atoms with Gasteiger partial charge in [0.15, 0.2) is 5.13 Å². The molecule has 1 saturated heterocycles. The maximum Gasteiger partial charge on any atom is 0.251 e. The van der Waals surface area contributed by atoms with Crippen LogP contribution in [0.5, 0.6) is 0 Å². The van der Waals surface area contributed by atoms with E-state index in [1.165, 1.54) is 30.5 Å². The summed E-state index contributed by atoms with van der Waals surface area (Å²) < 4.78 is 1.09. The topological polar surface area (TPSA) is 48.5 Å². The molecule has 5 nitrogen and oxygen atoms in total. The van der Waals surface area contributed by atoms with E-state index in [4.69, 9.17) is 4.98 Å². The molecule has 1 aromatic heterocycles. The molecule has 0 aliphatic carbocycles. The zero-order valence-electron chi connectivity index (χ0n) is 18.6. The highest BCUT2D eigenvalue weighted by Gasteiger charge is 2.16. The number of carbonyl (C=O) groups excluding carboxylic acids is 1. The van der Waals surface area contributed by atoms with Gasteiger partial charge in [0, 0.05) is 44.0 Å². The molecule has 31 heavy (non-hydrogen) atoms. The summed E-state index contributed by atoms with van der Waals surface area (Å²) in [5, 5.41) is 4.17. The molecule has 0 bridgehead atoms. The first-order valence-electron chi connectivity index (χ1n) is 11.4. The van der Waals surface area contributed by atoms with E-state index in [0.29, 0.717) is 12.1 Å². The maximum atomic E-state index is 12.7. The van der Waals surface area contributed by atoms with Crippen LogP contribution in [0.4, 0.5) is 10.8 Å². The number of thiazole rings is 1.